The molecule has 0 spiro atoms. The average Bonchev–Trinajstić information content (AvgIpc) is 3.31. The Morgan fingerprint density at radius 2 is 1.92 bits per heavy atom. The van der Waals surface area contributed by atoms with Gasteiger partial charge in [0.1, 0.15) is 27.7 Å². The number of carboxylic acids is 1. The van der Waals surface area contributed by atoms with E-state index in [0.29, 0.717) is 27.0 Å². The van der Waals surface area contributed by atoms with Crippen LogP contribution < -0.4 is 10.2 Å². The second-order valence-electron chi connectivity index (χ2n) is 9.71. The number of fused-ring (bicyclic) bond motifs is 1. The first-order chi connectivity index (χ1) is 17.4. The van der Waals surface area contributed by atoms with E-state index in [1.165, 1.54) is 28.0 Å². The van der Waals surface area contributed by atoms with E-state index in [4.69, 9.17) is 4.74 Å². The number of ether oxygens (including phenoxy) is 1. The van der Waals surface area contributed by atoms with Crippen molar-refractivity contribution in [3.63, 3.8) is 0 Å². The Hall–Kier alpha value is -3.45. The number of nitrogens with one attached hydrogen (secondary N) is 1. The standard InChI is InChI=1S/C24H27N5O6S2/c1-24(2,3)35-22(34)13-9-7-6-8-12(13)10-15(30)25-16-19(31)29-17(21(32)33)14(11-36-20(16)29)18-26-27-23(37-18)28(4)5/h6-9,16,20H,10-11H2,1-5H3,(H,25,30)(H,32,33)/t16?,20-/m0/s1. The Labute approximate surface area is 221 Å². The summed E-state index contributed by atoms with van der Waals surface area (Å²) in [5, 5.41) is 21.3. The van der Waals surface area contributed by atoms with Crippen LogP contribution in [0.3, 0.4) is 0 Å². The third kappa shape index (κ3) is 5.47. The Bertz CT molecular complexity index is 1300. The second-order valence-corrected chi connectivity index (χ2v) is 11.8. The van der Waals surface area contributed by atoms with Crippen LogP contribution in [0.2, 0.25) is 0 Å². The molecule has 2 atom stereocenters. The van der Waals surface area contributed by atoms with E-state index in [-0.39, 0.29) is 17.7 Å². The molecule has 11 nitrogen and oxygen atoms in total. The minimum absolute atomic E-state index is 0.137. The molecular weight excluding hydrogens is 518 g/mol. The van der Waals surface area contributed by atoms with E-state index in [9.17, 15) is 24.3 Å². The number of esters is 1. The van der Waals surface area contributed by atoms with Crippen LogP contribution in [0, 0.1) is 0 Å². The molecule has 1 aromatic carbocycles. The van der Waals surface area contributed by atoms with E-state index in [0.717, 1.165) is 0 Å². The second kappa shape index (κ2) is 10.1. The van der Waals surface area contributed by atoms with Crippen LogP contribution in [-0.4, -0.2) is 80.8 Å². The monoisotopic (exact) mass is 545 g/mol. The number of hydrogen-bond acceptors (Lipinski definition) is 10. The van der Waals surface area contributed by atoms with Crippen molar-refractivity contribution in [2.24, 2.45) is 0 Å². The van der Waals surface area contributed by atoms with E-state index in [1.54, 1.807) is 64.0 Å². The molecule has 0 bridgehead atoms. The quantitative estimate of drug-likeness (QED) is 0.392. The molecule has 0 aliphatic carbocycles. The third-order valence-corrected chi connectivity index (χ3v) is 7.96. The van der Waals surface area contributed by atoms with Gasteiger partial charge in [0.05, 0.1) is 12.0 Å². The number of amides is 2. The molecule has 2 amide bonds. The molecule has 1 unspecified atom stereocenters. The molecule has 2 aliphatic heterocycles. The Morgan fingerprint density at radius 3 is 2.54 bits per heavy atom. The number of hydrogen-bond donors (Lipinski definition) is 2. The van der Waals surface area contributed by atoms with Crippen molar-refractivity contribution in [1.82, 2.24) is 20.4 Å². The van der Waals surface area contributed by atoms with Crippen LogP contribution >= 0.6 is 23.1 Å². The summed E-state index contributed by atoms with van der Waals surface area (Å²) in [6.07, 6.45) is -0.137. The van der Waals surface area contributed by atoms with Crippen LogP contribution in [0.4, 0.5) is 5.13 Å². The SMILES string of the molecule is CN(C)c1nnc(C2=C(C(=O)O)N3C(=O)C(NC(=O)Cc4ccccc4C(=O)OC(C)(C)C)[C@@H]3SC2)s1. The molecule has 37 heavy (non-hydrogen) atoms. The molecule has 2 N–H and O–H groups in total. The van der Waals surface area contributed by atoms with Gasteiger partial charge in [0, 0.05) is 25.4 Å². The van der Waals surface area contributed by atoms with Crippen molar-refractivity contribution in [3.8, 4) is 0 Å². The summed E-state index contributed by atoms with van der Waals surface area (Å²) in [4.78, 5) is 53.6. The van der Waals surface area contributed by atoms with Gasteiger partial charge in [0.15, 0.2) is 0 Å². The van der Waals surface area contributed by atoms with Gasteiger partial charge in [-0.1, -0.05) is 29.5 Å². The fraction of sp³-hybridized carbons (Fsp3) is 0.417. The summed E-state index contributed by atoms with van der Waals surface area (Å²) in [6.45, 7) is 5.27. The molecule has 0 saturated carbocycles. The van der Waals surface area contributed by atoms with Gasteiger partial charge in [0.25, 0.3) is 5.91 Å². The van der Waals surface area contributed by atoms with Crippen molar-refractivity contribution in [1.29, 1.82) is 0 Å². The normalized spacial score (nSPS) is 19.2. The first-order valence-corrected chi connectivity index (χ1v) is 13.3. The Kier molecular flexibility index (Phi) is 7.29. The van der Waals surface area contributed by atoms with Gasteiger partial charge in [0.2, 0.25) is 11.0 Å². The molecule has 4 rings (SSSR count). The van der Waals surface area contributed by atoms with Crippen molar-refractivity contribution < 1.29 is 29.0 Å². The predicted molar refractivity (Wildman–Crippen MR) is 139 cm³/mol. The molecule has 0 radical (unpaired) electrons. The summed E-state index contributed by atoms with van der Waals surface area (Å²) in [5.74, 6) is -2.46. The molecule has 196 valence electrons. The van der Waals surface area contributed by atoms with Crippen LogP contribution in [-0.2, 0) is 25.5 Å². The Morgan fingerprint density at radius 1 is 1.22 bits per heavy atom. The summed E-state index contributed by atoms with van der Waals surface area (Å²) in [5.41, 5.74) is 0.329. The van der Waals surface area contributed by atoms with Gasteiger partial charge >= 0.3 is 11.9 Å². The van der Waals surface area contributed by atoms with Gasteiger partial charge in [-0.3, -0.25) is 14.5 Å². The maximum Gasteiger partial charge on any atom is 0.353 e. The minimum atomic E-state index is -1.24. The van der Waals surface area contributed by atoms with Crippen LogP contribution in [0.1, 0.15) is 41.7 Å². The lowest BCUT2D eigenvalue weighted by molar-refractivity contribution is -0.150. The fourth-order valence-corrected chi connectivity index (χ4v) is 6.15. The smallest absolute Gasteiger partial charge is 0.353 e. The maximum atomic E-state index is 13.0. The molecule has 3 heterocycles. The zero-order chi connectivity index (χ0) is 27.1. The number of aliphatic carboxylic acids is 1. The van der Waals surface area contributed by atoms with Crippen LogP contribution in [0.5, 0.6) is 0 Å². The Balaban J connectivity index is 1.49. The van der Waals surface area contributed by atoms with E-state index < -0.39 is 40.8 Å². The number of benzene rings is 1. The van der Waals surface area contributed by atoms with E-state index >= 15 is 0 Å². The van der Waals surface area contributed by atoms with Crippen molar-refractivity contribution in [2.75, 3.05) is 24.7 Å². The number of thioether (sulfide) groups is 1. The lowest BCUT2D eigenvalue weighted by atomic mass is 10.0. The number of carbonyl (C=O) groups is 4. The summed E-state index contributed by atoms with van der Waals surface area (Å²) < 4.78 is 5.44. The molecular formula is C24H27N5O6S2. The van der Waals surface area contributed by atoms with Crippen molar-refractivity contribution >= 4 is 57.6 Å². The highest BCUT2D eigenvalue weighted by atomic mass is 32.2. The highest BCUT2D eigenvalue weighted by Gasteiger charge is 2.54. The van der Waals surface area contributed by atoms with Gasteiger partial charge in [-0.2, -0.15) is 0 Å². The molecule has 1 fully saturated rings. The molecule has 1 aromatic heterocycles. The zero-order valence-electron chi connectivity index (χ0n) is 21.0. The highest BCUT2D eigenvalue weighted by Crippen LogP contribution is 2.44. The molecule has 13 heteroatoms. The van der Waals surface area contributed by atoms with Crippen molar-refractivity contribution in [3.05, 3.63) is 46.1 Å². The van der Waals surface area contributed by atoms with Crippen LogP contribution in [0.15, 0.2) is 30.0 Å². The number of carbonyl (C=O) groups excluding carboxylic acids is 3. The number of carboxylic acid groups (broad SMARTS) is 1. The number of β-lactam (4-membered cyclic amide) rings is 1. The topological polar surface area (TPSA) is 142 Å². The lowest BCUT2D eigenvalue weighted by Gasteiger charge is -2.49. The summed E-state index contributed by atoms with van der Waals surface area (Å²) in [7, 11) is 3.61. The first kappa shape index (κ1) is 26.6. The van der Waals surface area contributed by atoms with E-state index in [2.05, 4.69) is 15.5 Å². The predicted octanol–water partition coefficient (Wildman–Crippen LogP) is 2.00. The number of aromatic nitrogens is 2. The van der Waals surface area contributed by atoms with E-state index in [1.807, 2.05) is 0 Å². The van der Waals surface area contributed by atoms with Crippen LogP contribution in [0.25, 0.3) is 5.57 Å². The largest absolute Gasteiger partial charge is 0.477 e. The van der Waals surface area contributed by atoms with Gasteiger partial charge in [-0.15, -0.1) is 22.0 Å². The minimum Gasteiger partial charge on any atom is -0.477 e. The molecule has 2 aliphatic rings. The summed E-state index contributed by atoms with van der Waals surface area (Å²) in [6, 6.07) is 5.76. The number of anilines is 1. The summed E-state index contributed by atoms with van der Waals surface area (Å²) >= 11 is 2.59. The third-order valence-electron chi connectivity index (χ3n) is 5.53. The maximum absolute atomic E-state index is 13.0. The van der Waals surface area contributed by atoms with Gasteiger partial charge in [-0.05, 0) is 32.4 Å². The number of rotatable bonds is 7. The molecule has 1 saturated heterocycles. The lowest BCUT2D eigenvalue weighted by Crippen LogP contribution is -2.70. The molecule has 2 aromatic rings. The fourth-order valence-electron chi connectivity index (χ4n) is 3.91. The zero-order valence-corrected chi connectivity index (χ0v) is 22.6. The number of nitrogens with zero attached hydrogens (tertiary/aromatic N) is 4. The van der Waals surface area contributed by atoms with Crippen molar-refractivity contribution in [2.45, 2.75) is 44.2 Å². The van der Waals surface area contributed by atoms with Gasteiger partial charge in [-0.25, -0.2) is 9.59 Å². The average molecular weight is 546 g/mol. The van der Waals surface area contributed by atoms with Gasteiger partial charge < -0.3 is 20.1 Å². The first-order valence-electron chi connectivity index (χ1n) is 11.4. The highest BCUT2D eigenvalue weighted by molar-refractivity contribution is 8.00.